The molecule has 5 heteroatoms. The highest BCUT2D eigenvalue weighted by molar-refractivity contribution is 9.10. The lowest BCUT2D eigenvalue weighted by Gasteiger charge is -2.18. The van der Waals surface area contributed by atoms with E-state index in [1.807, 2.05) is 6.07 Å². The molecule has 2 fully saturated rings. The third-order valence-corrected chi connectivity index (χ3v) is 3.92. The van der Waals surface area contributed by atoms with Gasteiger partial charge in [-0.15, -0.1) is 0 Å². The van der Waals surface area contributed by atoms with Crippen molar-refractivity contribution >= 4 is 21.7 Å². The van der Waals surface area contributed by atoms with Crippen LogP contribution in [0.25, 0.3) is 0 Å². The predicted molar refractivity (Wildman–Crippen MR) is 69.1 cm³/mol. The highest BCUT2D eigenvalue weighted by Gasteiger charge is 2.29. The van der Waals surface area contributed by atoms with E-state index in [1.54, 1.807) is 0 Å². The molecule has 0 aromatic carbocycles. The number of nitrogens with zero attached hydrogens (tertiary/aromatic N) is 3. The van der Waals surface area contributed by atoms with Crippen molar-refractivity contribution in [3.8, 4) is 0 Å². The minimum atomic E-state index is 0.276. The number of halogens is 1. The molecule has 2 heterocycles. The fourth-order valence-electron chi connectivity index (χ4n) is 2.30. The van der Waals surface area contributed by atoms with Gasteiger partial charge in [0.1, 0.15) is 16.2 Å². The lowest BCUT2D eigenvalue weighted by Crippen LogP contribution is -2.22. The fourth-order valence-corrected chi connectivity index (χ4v) is 2.69. The van der Waals surface area contributed by atoms with Crippen molar-refractivity contribution in [3.63, 3.8) is 0 Å². The van der Waals surface area contributed by atoms with Crippen LogP contribution in [0, 0.1) is 5.92 Å². The van der Waals surface area contributed by atoms with Crippen molar-refractivity contribution in [2.24, 2.45) is 5.92 Å². The summed E-state index contributed by atoms with van der Waals surface area (Å²) in [6.45, 7) is 2.17. The van der Waals surface area contributed by atoms with Gasteiger partial charge < -0.3 is 10.0 Å². The number of aromatic nitrogens is 2. The molecular formula is C12H16BrN3O. The van der Waals surface area contributed by atoms with Gasteiger partial charge in [0.2, 0.25) is 0 Å². The molecule has 0 amide bonds. The number of anilines is 1. The van der Waals surface area contributed by atoms with E-state index >= 15 is 0 Å². The maximum Gasteiger partial charge on any atom is 0.135 e. The average Bonchev–Trinajstić information content (AvgIpc) is 3.06. The molecule has 1 aliphatic carbocycles. The van der Waals surface area contributed by atoms with E-state index in [4.69, 9.17) is 5.11 Å². The zero-order valence-corrected chi connectivity index (χ0v) is 11.2. The first-order valence-corrected chi connectivity index (χ1v) is 6.96. The minimum absolute atomic E-state index is 0.276. The number of hydrogen-bond donors (Lipinski definition) is 1. The second kappa shape index (κ2) is 4.53. The quantitative estimate of drug-likeness (QED) is 0.866. The van der Waals surface area contributed by atoms with E-state index in [1.165, 1.54) is 12.8 Å². The molecule has 3 rings (SSSR count). The molecule has 0 bridgehead atoms. The summed E-state index contributed by atoms with van der Waals surface area (Å²) in [5.41, 5.74) is 0. The molecule has 17 heavy (non-hydrogen) atoms. The Morgan fingerprint density at radius 1 is 1.35 bits per heavy atom. The van der Waals surface area contributed by atoms with E-state index < -0.39 is 0 Å². The first kappa shape index (κ1) is 11.4. The van der Waals surface area contributed by atoms with E-state index in [9.17, 15) is 0 Å². The average molecular weight is 298 g/mol. The Kier molecular flexibility index (Phi) is 3.04. The first-order chi connectivity index (χ1) is 8.26. The van der Waals surface area contributed by atoms with Crippen LogP contribution in [0.4, 0.5) is 5.82 Å². The smallest absolute Gasteiger partial charge is 0.135 e. The van der Waals surface area contributed by atoms with Gasteiger partial charge in [-0.25, -0.2) is 9.97 Å². The van der Waals surface area contributed by atoms with Crippen molar-refractivity contribution < 1.29 is 5.11 Å². The molecule has 1 saturated heterocycles. The van der Waals surface area contributed by atoms with Gasteiger partial charge in [-0.05, 0) is 35.2 Å². The molecule has 1 atom stereocenters. The van der Waals surface area contributed by atoms with Crippen LogP contribution in [0.1, 0.15) is 31.0 Å². The van der Waals surface area contributed by atoms with E-state index in [0.717, 1.165) is 35.8 Å². The summed E-state index contributed by atoms with van der Waals surface area (Å²) >= 11 is 3.46. The van der Waals surface area contributed by atoms with Gasteiger partial charge in [-0.3, -0.25) is 0 Å². The van der Waals surface area contributed by atoms with Gasteiger partial charge in [0.15, 0.2) is 0 Å². The van der Waals surface area contributed by atoms with Crippen molar-refractivity contribution in [1.82, 2.24) is 9.97 Å². The Bertz CT molecular complexity index is 422. The van der Waals surface area contributed by atoms with Gasteiger partial charge in [0, 0.05) is 37.6 Å². The zero-order valence-electron chi connectivity index (χ0n) is 9.64. The van der Waals surface area contributed by atoms with Crippen LogP contribution in [0.5, 0.6) is 0 Å². The summed E-state index contributed by atoms with van der Waals surface area (Å²) in [5, 5.41) is 9.17. The number of aliphatic hydroxyl groups excluding tert-OH is 1. The number of aliphatic hydroxyl groups is 1. The van der Waals surface area contributed by atoms with Crippen LogP contribution in [0.3, 0.4) is 0 Å². The second-order valence-corrected chi connectivity index (χ2v) is 5.78. The van der Waals surface area contributed by atoms with Gasteiger partial charge in [0.25, 0.3) is 0 Å². The van der Waals surface area contributed by atoms with Gasteiger partial charge in [-0.2, -0.15) is 0 Å². The maximum atomic E-state index is 9.17. The lowest BCUT2D eigenvalue weighted by molar-refractivity contribution is 0.238. The summed E-state index contributed by atoms with van der Waals surface area (Å²) in [4.78, 5) is 11.3. The largest absolute Gasteiger partial charge is 0.396 e. The summed E-state index contributed by atoms with van der Waals surface area (Å²) < 4.78 is 0.872. The molecule has 4 nitrogen and oxygen atoms in total. The van der Waals surface area contributed by atoms with Gasteiger partial charge >= 0.3 is 0 Å². The van der Waals surface area contributed by atoms with Gasteiger partial charge in [-0.1, -0.05) is 0 Å². The van der Waals surface area contributed by atoms with E-state index in [2.05, 4.69) is 30.8 Å². The summed E-state index contributed by atoms with van der Waals surface area (Å²) in [6, 6.07) is 1.98. The molecular weight excluding hydrogens is 282 g/mol. The van der Waals surface area contributed by atoms with Crippen molar-refractivity contribution in [2.45, 2.75) is 25.2 Å². The second-order valence-electron chi connectivity index (χ2n) is 4.96. The highest BCUT2D eigenvalue weighted by Crippen LogP contribution is 2.39. The molecule has 1 aliphatic heterocycles. The van der Waals surface area contributed by atoms with Crippen LogP contribution >= 0.6 is 15.9 Å². The number of rotatable bonds is 3. The molecule has 1 saturated carbocycles. The van der Waals surface area contributed by atoms with Crippen LogP contribution in [-0.4, -0.2) is 34.8 Å². The Morgan fingerprint density at radius 3 is 2.82 bits per heavy atom. The van der Waals surface area contributed by atoms with E-state index in [0.29, 0.717) is 11.8 Å². The number of hydrogen-bond acceptors (Lipinski definition) is 4. The Labute approximate surface area is 109 Å². The molecule has 2 aliphatic rings. The van der Waals surface area contributed by atoms with Crippen LogP contribution < -0.4 is 4.90 Å². The highest BCUT2D eigenvalue weighted by atomic mass is 79.9. The third kappa shape index (κ3) is 2.45. The first-order valence-electron chi connectivity index (χ1n) is 6.16. The van der Waals surface area contributed by atoms with Crippen LogP contribution in [0.2, 0.25) is 0 Å². The monoisotopic (exact) mass is 297 g/mol. The molecule has 1 aromatic rings. The fraction of sp³-hybridized carbons (Fsp3) is 0.667. The Morgan fingerprint density at radius 2 is 2.18 bits per heavy atom. The topological polar surface area (TPSA) is 49.2 Å². The molecule has 1 aromatic heterocycles. The van der Waals surface area contributed by atoms with Crippen molar-refractivity contribution in [1.29, 1.82) is 0 Å². The Balaban J connectivity index is 1.82. The summed E-state index contributed by atoms with van der Waals surface area (Å²) in [7, 11) is 0. The molecule has 1 unspecified atom stereocenters. The minimum Gasteiger partial charge on any atom is -0.396 e. The molecule has 92 valence electrons. The van der Waals surface area contributed by atoms with Crippen molar-refractivity contribution in [2.75, 3.05) is 24.6 Å². The predicted octanol–water partition coefficient (Wildman–Crippen LogP) is 1.94. The Hall–Kier alpha value is -0.680. The standard InChI is InChI=1S/C12H16BrN3O/c13-10-5-11(15-12(14-10)9-1-2-9)16-4-3-8(6-16)7-17/h5,8-9,17H,1-4,6-7H2. The third-order valence-electron chi connectivity index (χ3n) is 3.51. The molecule has 0 spiro atoms. The normalized spacial score (nSPS) is 24.4. The van der Waals surface area contributed by atoms with Crippen LogP contribution in [0.15, 0.2) is 10.7 Å². The lowest BCUT2D eigenvalue weighted by atomic mass is 10.1. The van der Waals surface area contributed by atoms with Gasteiger partial charge in [0.05, 0.1) is 0 Å². The molecule has 0 radical (unpaired) electrons. The van der Waals surface area contributed by atoms with E-state index in [-0.39, 0.29) is 6.61 Å². The maximum absolute atomic E-state index is 9.17. The summed E-state index contributed by atoms with van der Waals surface area (Å²) in [5.74, 6) is 2.95. The van der Waals surface area contributed by atoms with Crippen molar-refractivity contribution in [3.05, 3.63) is 16.5 Å². The molecule has 1 N–H and O–H groups in total. The SMILES string of the molecule is OCC1CCN(c2cc(Br)nc(C3CC3)n2)C1. The summed E-state index contributed by atoms with van der Waals surface area (Å²) in [6.07, 6.45) is 3.49. The zero-order chi connectivity index (χ0) is 11.8. The van der Waals surface area contributed by atoms with Crippen LogP contribution in [-0.2, 0) is 0 Å².